The fourth-order valence-corrected chi connectivity index (χ4v) is 5.35. The number of benzene rings is 2. The molecule has 2 aliphatic rings. The third kappa shape index (κ3) is 4.87. The molecule has 0 N–H and O–H groups in total. The summed E-state index contributed by atoms with van der Waals surface area (Å²) < 4.78 is 14.8. The van der Waals surface area contributed by atoms with Crippen LogP contribution < -0.4 is 4.90 Å². The Kier molecular flexibility index (Phi) is 6.45. The number of pyridine rings is 2. The van der Waals surface area contributed by atoms with E-state index in [0.717, 1.165) is 48.4 Å². The molecule has 0 radical (unpaired) electrons. The largest absolute Gasteiger partial charge is 0.369 e. The highest BCUT2D eigenvalue weighted by Crippen LogP contribution is 2.40. The number of fused-ring (bicyclic) bond motifs is 1. The first-order valence-corrected chi connectivity index (χ1v) is 12.9. The van der Waals surface area contributed by atoms with Gasteiger partial charge in [0.05, 0.1) is 5.71 Å². The van der Waals surface area contributed by atoms with Gasteiger partial charge < -0.3 is 9.80 Å². The molecule has 4 aromatic rings. The van der Waals surface area contributed by atoms with E-state index in [9.17, 15) is 4.39 Å². The van der Waals surface area contributed by atoms with Crippen LogP contribution in [0.5, 0.6) is 0 Å². The first-order valence-electron chi connectivity index (χ1n) is 12.5. The van der Waals surface area contributed by atoms with Gasteiger partial charge in [-0.15, -0.1) is 0 Å². The fraction of sp³-hybridized carbons (Fsp3) is 0.233. The highest BCUT2D eigenvalue weighted by atomic mass is 35.5. The van der Waals surface area contributed by atoms with Crippen molar-refractivity contribution >= 4 is 28.8 Å². The van der Waals surface area contributed by atoms with E-state index in [-0.39, 0.29) is 11.7 Å². The quantitative estimate of drug-likeness (QED) is 0.320. The molecule has 2 aliphatic heterocycles. The van der Waals surface area contributed by atoms with Crippen molar-refractivity contribution < 1.29 is 4.39 Å². The van der Waals surface area contributed by atoms with E-state index in [4.69, 9.17) is 16.6 Å². The van der Waals surface area contributed by atoms with E-state index < -0.39 is 0 Å². The number of nitrogens with zero attached hydrogens (tertiary/aromatic N) is 5. The van der Waals surface area contributed by atoms with Gasteiger partial charge in [0.1, 0.15) is 5.82 Å². The van der Waals surface area contributed by atoms with Gasteiger partial charge in [-0.1, -0.05) is 29.8 Å². The average Bonchev–Trinajstić information content (AvgIpc) is 2.94. The highest BCUT2D eigenvalue weighted by molar-refractivity contribution is 6.31. The molecule has 1 unspecified atom stereocenters. The molecule has 186 valence electrons. The molecule has 4 heterocycles. The van der Waals surface area contributed by atoms with E-state index in [0.29, 0.717) is 28.5 Å². The first-order chi connectivity index (χ1) is 18.0. The molecule has 6 rings (SSSR count). The molecule has 0 aliphatic carbocycles. The number of aliphatic imine (C=N–C) groups is 1. The average molecular weight is 512 g/mol. The van der Waals surface area contributed by atoms with E-state index in [1.54, 1.807) is 18.3 Å². The van der Waals surface area contributed by atoms with Crippen LogP contribution >= 0.6 is 11.6 Å². The number of halogens is 2. The van der Waals surface area contributed by atoms with Gasteiger partial charge in [0, 0.05) is 84.5 Å². The lowest BCUT2D eigenvalue weighted by molar-refractivity contribution is 0.313. The molecule has 0 bridgehead atoms. The van der Waals surface area contributed by atoms with E-state index in [1.807, 2.05) is 24.5 Å². The minimum absolute atomic E-state index is 0.0494. The molecule has 37 heavy (non-hydrogen) atoms. The first kappa shape index (κ1) is 23.8. The summed E-state index contributed by atoms with van der Waals surface area (Å²) >= 11 is 6.19. The second kappa shape index (κ2) is 10.0. The SMILES string of the molecule is CN1CCN(c2ccc(-c3cncc(C4CC(c5cc(Cl)ccc5F)=Nc5ncccc54)c3)cc2)CC1. The summed E-state index contributed by atoms with van der Waals surface area (Å²) in [4.78, 5) is 18.6. The van der Waals surface area contributed by atoms with E-state index >= 15 is 0 Å². The van der Waals surface area contributed by atoms with Crippen LogP contribution in [0, 0.1) is 5.82 Å². The molecule has 0 saturated carbocycles. The van der Waals surface area contributed by atoms with Gasteiger partial charge >= 0.3 is 0 Å². The van der Waals surface area contributed by atoms with Crippen LogP contribution in [0.15, 0.2) is 84.2 Å². The zero-order chi connectivity index (χ0) is 25.4. The second-order valence-corrected chi connectivity index (χ2v) is 10.1. The normalized spacial score (nSPS) is 17.9. The van der Waals surface area contributed by atoms with Crippen molar-refractivity contribution in [1.82, 2.24) is 14.9 Å². The third-order valence-electron chi connectivity index (χ3n) is 7.30. The summed E-state index contributed by atoms with van der Waals surface area (Å²) in [6.07, 6.45) is 6.03. The zero-order valence-corrected chi connectivity index (χ0v) is 21.4. The Morgan fingerprint density at radius 2 is 1.73 bits per heavy atom. The van der Waals surface area contributed by atoms with Gasteiger partial charge in [-0.25, -0.2) is 14.4 Å². The summed E-state index contributed by atoms with van der Waals surface area (Å²) in [6, 6.07) is 19.4. The molecule has 1 saturated heterocycles. The number of hydrogen-bond donors (Lipinski definition) is 0. The molecular formula is C30H27ClFN5. The van der Waals surface area contributed by atoms with Crippen LogP contribution in [0.1, 0.15) is 29.0 Å². The van der Waals surface area contributed by atoms with Crippen molar-refractivity contribution in [2.75, 3.05) is 38.1 Å². The van der Waals surface area contributed by atoms with Gasteiger partial charge in [-0.2, -0.15) is 0 Å². The van der Waals surface area contributed by atoms with Crippen LogP contribution in [0.2, 0.25) is 5.02 Å². The Bertz CT molecular complexity index is 1460. The number of aromatic nitrogens is 2. The molecular weight excluding hydrogens is 485 g/mol. The number of anilines is 1. The summed E-state index contributed by atoms with van der Waals surface area (Å²) in [5.41, 5.74) is 6.52. The molecule has 0 amide bonds. The summed E-state index contributed by atoms with van der Waals surface area (Å²) in [5, 5.41) is 0.478. The Balaban J connectivity index is 1.32. The molecule has 0 spiro atoms. The van der Waals surface area contributed by atoms with Crippen LogP contribution in [-0.4, -0.2) is 53.8 Å². The van der Waals surface area contributed by atoms with Crippen molar-refractivity contribution in [1.29, 1.82) is 0 Å². The van der Waals surface area contributed by atoms with E-state index in [1.165, 1.54) is 11.8 Å². The lowest BCUT2D eigenvalue weighted by atomic mass is 9.83. The summed E-state index contributed by atoms with van der Waals surface area (Å²) in [6.45, 7) is 4.24. The molecule has 7 heteroatoms. The minimum Gasteiger partial charge on any atom is -0.369 e. The van der Waals surface area contributed by atoms with Gasteiger partial charge in [0.2, 0.25) is 0 Å². The van der Waals surface area contributed by atoms with Gasteiger partial charge in [-0.3, -0.25) is 4.98 Å². The van der Waals surface area contributed by atoms with Gasteiger partial charge in [-0.05, 0) is 60.6 Å². The maximum absolute atomic E-state index is 14.8. The standard InChI is InChI=1S/C30H27ClFN5/c1-36-11-13-37(14-12-36)24-7-4-20(5-8-24)21-15-22(19-33-18-21)26-17-29(27-16-23(31)6-9-28(27)32)35-30-25(26)3-2-10-34-30/h2-10,15-16,18-19,26H,11-14,17H2,1H3. The van der Waals surface area contributed by atoms with Crippen LogP contribution in [0.25, 0.3) is 11.1 Å². The van der Waals surface area contributed by atoms with Crippen LogP contribution in [-0.2, 0) is 0 Å². The van der Waals surface area contributed by atoms with Crippen molar-refractivity contribution in [2.45, 2.75) is 12.3 Å². The topological polar surface area (TPSA) is 44.6 Å². The predicted octanol–water partition coefficient (Wildman–Crippen LogP) is 6.34. The van der Waals surface area contributed by atoms with Crippen LogP contribution in [0.4, 0.5) is 15.9 Å². The maximum Gasteiger partial charge on any atom is 0.155 e. The number of rotatable bonds is 4. The third-order valence-corrected chi connectivity index (χ3v) is 7.54. The van der Waals surface area contributed by atoms with Crippen LogP contribution in [0.3, 0.4) is 0 Å². The Morgan fingerprint density at radius 3 is 2.54 bits per heavy atom. The summed E-state index contributed by atoms with van der Waals surface area (Å²) in [7, 11) is 2.17. The molecule has 2 aromatic carbocycles. The van der Waals surface area contributed by atoms with Crippen molar-refractivity contribution in [3.63, 3.8) is 0 Å². The number of likely N-dealkylation sites (N-methyl/N-ethyl adjacent to an activating group) is 1. The Morgan fingerprint density at radius 1 is 0.919 bits per heavy atom. The second-order valence-electron chi connectivity index (χ2n) is 9.70. The fourth-order valence-electron chi connectivity index (χ4n) is 5.17. The lowest BCUT2D eigenvalue weighted by Crippen LogP contribution is -2.44. The van der Waals surface area contributed by atoms with Gasteiger partial charge in [0.25, 0.3) is 0 Å². The molecule has 1 atom stereocenters. The van der Waals surface area contributed by atoms with Crippen molar-refractivity contribution in [3.8, 4) is 11.1 Å². The maximum atomic E-state index is 14.8. The Labute approximate surface area is 221 Å². The lowest BCUT2D eigenvalue weighted by Gasteiger charge is -2.34. The van der Waals surface area contributed by atoms with Crippen molar-refractivity contribution in [3.05, 3.63) is 107 Å². The molecule has 1 fully saturated rings. The molecule has 2 aromatic heterocycles. The smallest absolute Gasteiger partial charge is 0.155 e. The summed E-state index contributed by atoms with van der Waals surface area (Å²) in [5.74, 6) is 0.218. The molecule has 5 nitrogen and oxygen atoms in total. The minimum atomic E-state index is -0.339. The number of piperazine rings is 1. The highest BCUT2D eigenvalue weighted by Gasteiger charge is 2.27. The predicted molar refractivity (Wildman–Crippen MR) is 148 cm³/mol. The Hall–Kier alpha value is -3.61. The number of hydrogen-bond acceptors (Lipinski definition) is 5. The van der Waals surface area contributed by atoms with Gasteiger partial charge in [0.15, 0.2) is 5.82 Å². The van der Waals surface area contributed by atoms with Crippen molar-refractivity contribution in [2.24, 2.45) is 4.99 Å². The van der Waals surface area contributed by atoms with E-state index in [2.05, 4.69) is 57.1 Å². The monoisotopic (exact) mass is 511 g/mol. The zero-order valence-electron chi connectivity index (χ0n) is 20.6.